The van der Waals surface area contributed by atoms with Crippen LogP contribution in [-0.2, 0) is 34.9 Å². The SMILES string of the molecule is COCCOCOc1ccc(C=CC=CC(=O)N2CCN(CCn3cnc4c3c(=O)n(C)c(=O)n4C)CC2)cc1OC. The number of carbonyl (C=O) groups excluding carboxylic acids is 1. The molecule has 0 unspecified atom stereocenters. The van der Waals surface area contributed by atoms with Gasteiger partial charge in [-0.15, -0.1) is 0 Å². The van der Waals surface area contributed by atoms with E-state index in [0.717, 1.165) is 23.2 Å². The van der Waals surface area contributed by atoms with Crippen molar-refractivity contribution in [2.45, 2.75) is 6.54 Å². The molecule has 4 rings (SSSR count). The second kappa shape index (κ2) is 14.6. The van der Waals surface area contributed by atoms with Gasteiger partial charge in [0, 0.05) is 66.5 Å². The summed E-state index contributed by atoms with van der Waals surface area (Å²) in [5.41, 5.74) is 0.938. The minimum Gasteiger partial charge on any atom is -0.493 e. The molecular weight excluding hydrogens is 544 g/mol. The summed E-state index contributed by atoms with van der Waals surface area (Å²) in [7, 11) is 6.26. The second-order valence-corrected chi connectivity index (χ2v) is 9.77. The number of rotatable bonds is 13. The molecule has 42 heavy (non-hydrogen) atoms. The number of amides is 1. The van der Waals surface area contributed by atoms with Gasteiger partial charge in [0.05, 0.1) is 26.7 Å². The average Bonchev–Trinajstić information content (AvgIpc) is 3.44. The Morgan fingerprint density at radius 1 is 0.976 bits per heavy atom. The summed E-state index contributed by atoms with van der Waals surface area (Å²) in [5.74, 6) is 1.12. The predicted molar refractivity (Wildman–Crippen MR) is 158 cm³/mol. The molecule has 1 amide bonds. The van der Waals surface area contributed by atoms with Crippen molar-refractivity contribution in [3.05, 3.63) is 69.2 Å². The number of hydrogen-bond donors (Lipinski definition) is 0. The van der Waals surface area contributed by atoms with Crippen molar-refractivity contribution in [3.8, 4) is 11.5 Å². The summed E-state index contributed by atoms with van der Waals surface area (Å²) in [6.07, 6.45) is 8.59. The van der Waals surface area contributed by atoms with Gasteiger partial charge in [-0.3, -0.25) is 23.6 Å². The minimum absolute atomic E-state index is 0.0425. The standard InChI is InChI=1S/C29H38N6O7/c1-31-27-26(28(37)32(2)29(31)38)35(20-30-27)16-13-33-11-14-34(15-12-33)25(36)8-6-5-7-22-9-10-23(24(19-22)40-4)42-21-41-18-17-39-3/h5-10,19-20H,11-18,21H2,1-4H3. The lowest BCUT2D eigenvalue weighted by Crippen LogP contribution is -2.49. The zero-order chi connectivity index (χ0) is 30.1. The third-order valence-corrected chi connectivity index (χ3v) is 7.11. The van der Waals surface area contributed by atoms with Gasteiger partial charge in [0.25, 0.3) is 5.56 Å². The first kappa shape index (κ1) is 30.8. The molecule has 1 saturated heterocycles. The highest BCUT2D eigenvalue weighted by Crippen LogP contribution is 2.28. The molecule has 1 fully saturated rings. The zero-order valence-corrected chi connectivity index (χ0v) is 24.5. The van der Waals surface area contributed by atoms with E-state index in [2.05, 4.69) is 9.88 Å². The van der Waals surface area contributed by atoms with Crippen LogP contribution in [0.3, 0.4) is 0 Å². The lowest BCUT2D eigenvalue weighted by Gasteiger charge is -2.34. The molecule has 3 aromatic rings. The van der Waals surface area contributed by atoms with Gasteiger partial charge in [-0.05, 0) is 17.7 Å². The van der Waals surface area contributed by atoms with Crippen LogP contribution in [0.15, 0.2) is 52.3 Å². The summed E-state index contributed by atoms with van der Waals surface area (Å²) in [5, 5.41) is 0. The Bertz CT molecular complexity index is 1550. The molecule has 0 aliphatic carbocycles. The quantitative estimate of drug-likeness (QED) is 0.125. The molecule has 0 bridgehead atoms. The fourth-order valence-corrected chi connectivity index (χ4v) is 4.63. The van der Waals surface area contributed by atoms with Crippen LogP contribution < -0.4 is 20.7 Å². The van der Waals surface area contributed by atoms with E-state index in [1.807, 2.05) is 35.3 Å². The molecule has 2 aromatic heterocycles. The van der Waals surface area contributed by atoms with Crippen LogP contribution in [0.25, 0.3) is 17.2 Å². The van der Waals surface area contributed by atoms with Gasteiger partial charge in [-0.25, -0.2) is 9.78 Å². The Kier molecular flexibility index (Phi) is 10.7. The van der Waals surface area contributed by atoms with Crippen molar-refractivity contribution in [1.29, 1.82) is 0 Å². The summed E-state index contributed by atoms with van der Waals surface area (Å²) < 4.78 is 25.6. The number of allylic oxidation sites excluding steroid dienone is 2. The zero-order valence-electron chi connectivity index (χ0n) is 24.5. The van der Waals surface area contributed by atoms with Crippen LogP contribution in [0.5, 0.6) is 11.5 Å². The van der Waals surface area contributed by atoms with E-state index in [-0.39, 0.29) is 18.3 Å². The second-order valence-electron chi connectivity index (χ2n) is 9.77. The molecule has 1 aliphatic rings. The molecule has 0 atom stereocenters. The number of hydrogen-bond acceptors (Lipinski definition) is 9. The summed E-state index contributed by atoms with van der Waals surface area (Å²) >= 11 is 0. The smallest absolute Gasteiger partial charge is 0.332 e. The summed E-state index contributed by atoms with van der Waals surface area (Å²) in [6, 6.07) is 5.55. The maximum atomic E-state index is 12.7. The topological polar surface area (TPSA) is 122 Å². The highest BCUT2D eigenvalue weighted by Gasteiger charge is 2.20. The van der Waals surface area contributed by atoms with Crippen molar-refractivity contribution in [2.24, 2.45) is 14.1 Å². The van der Waals surface area contributed by atoms with Gasteiger partial charge in [0.2, 0.25) is 5.91 Å². The number of piperazine rings is 1. The van der Waals surface area contributed by atoms with Crippen molar-refractivity contribution in [2.75, 3.05) is 67.0 Å². The van der Waals surface area contributed by atoms with Gasteiger partial charge in [-0.1, -0.05) is 24.3 Å². The maximum absolute atomic E-state index is 12.7. The number of aryl methyl sites for hydroxylation is 1. The van der Waals surface area contributed by atoms with Crippen LogP contribution in [-0.4, -0.2) is 101 Å². The van der Waals surface area contributed by atoms with Gasteiger partial charge >= 0.3 is 5.69 Å². The molecule has 1 aromatic carbocycles. The number of ether oxygens (including phenoxy) is 4. The van der Waals surface area contributed by atoms with E-state index in [1.165, 1.54) is 11.6 Å². The fraction of sp³-hybridized carbons (Fsp3) is 0.448. The number of aromatic nitrogens is 4. The molecule has 1 aliphatic heterocycles. The third-order valence-electron chi connectivity index (χ3n) is 7.11. The highest BCUT2D eigenvalue weighted by atomic mass is 16.7. The molecule has 13 nitrogen and oxygen atoms in total. The van der Waals surface area contributed by atoms with Gasteiger partial charge in [-0.2, -0.15) is 0 Å². The Hall–Kier alpha value is -4.20. The highest BCUT2D eigenvalue weighted by molar-refractivity contribution is 5.88. The fourth-order valence-electron chi connectivity index (χ4n) is 4.63. The van der Waals surface area contributed by atoms with Crippen molar-refractivity contribution < 1.29 is 23.7 Å². The Balaban J connectivity index is 1.23. The Labute approximate surface area is 243 Å². The number of fused-ring (bicyclic) bond motifs is 1. The normalized spacial score (nSPS) is 14.4. The molecule has 0 saturated carbocycles. The van der Waals surface area contributed by atoms with Crippen LogP contribution in [0.1, 0.15) is 5.56 Å². The van der Waals surface area contributed by atoms with E-state index in [9.17, 15) is 14.4 Å². The number of benzene rings is 1. The van der Waals surface area contributed by atoms with Crippen molar-refractivity contribution >= 4 is 23.1 Å². The monoisotopic (exact) mass is 582 g/mol. The van der Waals surface area contributed by atoms with E-state index < -0.39 is 5.69 Å². The largest absolute Gasteiger partial charge is 0.493 e. The lowest BCUT2D eigenvalue weighted by atomic mass is 10.2. The first-order chi connectivity index (χ1) is 20.3. The third kappa shape index (κ3) is 7.35. The molecular formula is C29H38N6O7. The average molecular weight is 583 g/mol. The van der Waals surface area contributed by atoms with E-state index in [1.54, 1.807) is 44.3 Å². The van der Waals surface area contributed by atoms with E-state index in [0.29, 0.717) is 62.1 Å². The van der Waals surface area contributed by atoms with Crippen molar-refractivity contribution in [3.63, 3.8) is 0 Å². The first-order valence-electron chi connectivity index (χ1n) is 13.7. The van der Waals surface area contributed by atoms with E-state index >= 15 is 0 Å². The summed E-state index contributed by atoms with van der Waals surface area (Å²) in [6.45, 7) is 4.97. The lowest BCUT2D eigenvalue weighted by molar-refractivity contribution is -0.127. The number of imidazole rings is 1. The van der Waals surface area contributed by atoms with Gasteiger partial charge in [0.15, 0.2) is 29.5 Å². The summed E-state index contributed by atoms with van der Waals surface area (Å²) in [4.78, 5) is 45.8. The van der Waals surface area contributed by atoms with Crippen LogP contribution in [0, 0.1) is 0 Å². The van der Waals surface area contributed by atoms with Crippen LogP contribution >= 0.6 is 0 Å². The number of carbonyl (C=O) groups is 1. The molecule has 0 N–H and O–H groups in total. The molecule has 13 heteroatoms. The molecule has 0 radical (unpaired) electrons. The maximum Gasteiger partial charge on any atom is 0.332 e. The molecule has 3 heterocycles. The Morgan fingerprint density at radius 2 is 1.76 bits per heavy atom. The predicted octanol–water partition coefficient (Wildman–Crippen LogP) is 0.855. The molecule has 0 spiro atoms. The van der Waals surface area contributed by atoms with Crippen LogP contribution in [0.2, 0.25) is 0 Å². The van der Waals surface area contributed by atoms with E-state index in [4.69, 9.17) is 18.9 Å². The number of nitrogens with zero attached hydrogens (tertiary/aromatic N) is 6. The number of methoxy groups -OCH3 is 2. The Morgan fingerprint density at radius 3 is 2.50 bits per heavy atom. The van der Waals surface area contributed by atoms with Crippen molar-refractivity contribution in [1.82, 2.24) is 28.5 Å². The van der Waals surface area contributed by atoms with Gasteiger partial charge < -0.3 is 28.4 Å². The first-order valence-corrected chi connectivity index (χ1v) is 13.7. The molecule has 226 valence electrons. The van der Waals surface area contributed by atoms with Gasteiger partial charge in [0.1, 0.15) is 0 Å². The minimum atomic E-state index is -0.399. The van der Waals surface area contributed by atoms with Crippen LogP contribution in [0.4, 0.5) is 0 Å².